The number of nitrogens with zero attached hydrogens (tertiary/aromatic N) is 4. The summed E-state index contributed by atoms with van der Waals surface area (Å²) in [4.78, 5) is 2.56. The molecule has 100 valence electrons. The zero-order chi connectivity index (χ0) is 12.4. The zero-order valence-electron chi connectivity index (χ0n) is 11.2. The van der Waals surface area contributed by atoms with Crippen LogP contribution in [0.15, 0.2) is 6.33 Å². The fraction of sp³-hybridized carbons (Fsp3) is 0.846. The van der Waals surface area contributed by atoms with E-state index < -0.39 is 0 Å². The number of hydrogen-bond donors (Lipinski definition) is 1. The first kappa shape index (κ1) is 12.1. The van der Waals surface area contributed by atoms with E-state index in [9.17, 15) is 0 Å². The number of aryl methyl sites for hydroxylation is 1. The van der Waals surface area contributed by atoms with E-state index in [1.807, 2.05) is 11.6 Å². The molecule has 2 heterocycles. The Balaban J connectivity index is 1.37. The highest BCUT2D eigenvalue weighted by Crippen LogP contribution is 2.21. The third-order valence-corrected chi connectivity index (χ3v) is 4.10. The third-order valence-electron chi connectivity index (χ3n) is 4.10. The fourth-order valence-corrected chi connectivity index (χ4v) is 2.69. The number of nitrogens with one attached hydrogen (secondary N) is 1. The minimum Gasteiger partial charge on any atom is -0.321 e. The Morgan fingerprint density at radius 2 is 2.28 bits per heavy atom. The van der Waals surface area contributed by atoms with E-state index in [-0.39, 0.29) is 0 Å². The van der Waals surface area contributed by atoms with Crippen LogP contribution in [0.25, 0.3) is 0 Å². The molecule has 1 aliphatic carbocycles. The number of hydrogen-bond acceptors (Lipinski definition) is 4. The van der Waals surface area contributed by atoms with E-state index in [0.29, 0.717) is 0 Å². The van der Waals surface area contributed by atoms with Crippen LogP contribution in [0.2, 0.25) is 0 Å². The zero-order valence-corrected chi connectivity index (χ0v) is 11.2. The molecule has 18 heavy (non-hydrogen) atoms. The summed E-state index contributed by atoms with van der Waals surface area (Å²) >= 11 is 0. The summed E-state index contributed by atoms with van der Waals surface area (Å²) in [5.74, 6) is 1.94. The average Bonchev–Trinajstić information content (AvgIpc) is 2.94. The van der Waals surface area contributed by atoms with Crippen LogP contribution in [-0.2, 0) is 13.5 Å². The smallest absolute Gasteiger partial charge is 0.133 e. The van der Waals surface area contributed by atoms with E-state index in [2.05, 4.69) is 20.4 Å². The summed E-state index contributed by atoms with van der Waals surface area (Å²) in [5, 5.41) is 11.7. The molecule has 0 radical (unpaired) electrons. The molecule has 1 N–H and O–H groups in total. The van der Waals surface area contributed by atoms with Crippen LogP contribution in [0, 0.1) is 5.92 Å². The van der Waals surface area contributed by atoms with Gasteiger partial charge in [-0.15, -0.1) is 10.2 Å². The second kappa shape index (κ2) is 5.36. The lowest BCUT2D eigenvalue weighted by atomic mass is 10.1. The van der Waals surface area contributed by atoms with Crippen LogP contribution in [0.4, 0.5) is 0 Å². The number of rotatable bonds is 6. The van der Waals surface area contributed by atoms with Crippen LogP contribution in [0.5, 0.6) is 0 Å². The van der Waals surface area contributed by atoms with Crippen molar-refractivity contribution in [3.8, 4) is 0 Å². The predicted octanol–water partition coefficient (Wildman–Crippen LogP) is 0.432. The standard InChI is InChI=1S/C13H23N5/c1-17-10-15-16-13(17)5-7-18-6-4-11(9-18)8-14-12-2-3-12/h10-12,14H,2-9H2,1H3. The molecule has 1 aromatic heterocycles. The SMILES string of the molecule is Cn1cnnc1CCN1CCC(CNC2CC2)C1. The van der Waals surface area contributed by atoms with Crippen molar-refractivity contribution >= 4 is 0 Å². The van der Waals surface area contributed by atoms with Gasteiger partial charge in [0.05, 0.1) is 0 Å². The maximum absolute atomic E-state index is 4.14. The quantitative estimate of drug-likeness (QED) is 0.794. The van der Waals surface area contributed by atoms with Gasteiger partial charge in [-0.25, -0.2) is 0 Å². The Morgan fingerprint density at radius 3 is 3.00 bits per heavy atom. The molecule has 1 aromatic rings. The first-order valence-corrected chi connectivity index (χ1v) is 7.10. The molecule has 5 nitrogen and oxygen atoms in total. The highest BCUT2D eigenvalue weighted by atomic mass is 15.3. The molecule has 0 bridgehead atoms. The lowest BCUT2D eigenvalue weighted by molar-refractivity contribution is 0.322. The lowest BCUT2D eigenvalue weighted by Crippen LogP contribution is -2.29. The van der Waals surface area contributed by atoms with E-state index in [4.69, 9.17) is 0 Å². The highest BCUT2D eigenvalue weighted by molar-refractivity contribution is 4.88. The summed E-state index contributed by atoms with van der Waals surface area (Å²) < 4.78 is 2.02. The molecular formula is C13H23N5. The molecule has 2 aliphatic rings. The topological polar surface area (TPSA) is 46.0 Å². The first-order valence-electron chi connectivity index (χ1n) is 7.10. The summed E-state index contributed by atoms with van der Waals surface area (Å²) in [6.07, 6.45) is 6.92. The van der Waals surface area contributed by atoms with Gasteiger partial charge < -0.3 is 14.8 Å². The number of likely N-dealkylation sites (tertiary alicyclic amines) is 1. The maximum Gasteiger partial charge on any atom is 0.133 e. The van der Waals surface area contributed by atoms with Crippen LogP contribution < -0.4 is 5.32 Å². The van der Waals surface area contributed by atoms with Gasteiger partial charge in [-0.3, -0.25) is 0 Å². The van der Waals surface area contributed by atoms with Crippen molar-refractivity contribution in [1.82, 2.24) is 25.0 Å². The molecule has 5 heteroatoms. The van der Waals surface area contributed by atoms with Crippen molar-refractivity contribution in [3.63, 3.8) is 0 Å². The van der Waals surface area contributed by atoms with Crippen LogP contribution in [-0.4, -0.2) is 51.9 Å². The van der Waals surface area contributed by atoms with E-state index in [1.54, 1.807) is 6.33 Å². The Morgan fingerprint density at radius 1 is 1.39 bits per heavy atom. The van der Waals surface area contributed by atoms with Crippen molar-refractivity contribution in [1.29, 1.82) is 0 Å². The average molecular weight is 249 g/mol. The summed E-state index contributed by atoms with van der Waals surface area (Å²) in [7, 11) is 2.02. The molecule has 1 saturated heterocycles. The van der Waals surface area contributed by atoms with Gasteiger partial charge in [-0.05, 0) is 38.3 Å². The summed E-state index contributed by atoms with van der Waals surface area (Å²) in [6, 6.07) is 0.845. The van der Waals surface area contributed by atoms with Gasteiger partial charge in [-0.2, -0.15) is 0 Å². The largest absolute Gasteiger partial charge is 0.321 e. The molecule has 0 amide bonds. The summed E-state index contributed by atoms with van der Waals surface area (Å²) in [5.41, 5.74) is 0. The maximum atomic E-state index is 4.14. The van der Waals surface area contributed by atoms with E-state index in [1.165, 1.54) is 38.9 Å². The molecule has 1 saturated carbocycles. The molecule has 1 aliphatic heterocycles. The number of aromatic nitrogens is 3. The molecular weight excluding hydrogens is 226 g/mol. The van der Waals surface area contributed by atoms with Crippen molar-refractivity contribution in [2.24, 2.45) is 13.0 Å². The summed E-state index contributed by atoms with van der Waals surface area (Å²) in [6.45, 7) is 4.82. The molecule has 2 fully saturated rings. The van der Waals surface area contributed by atoms with Crippen LogP contribution >= 0.6 is 0 Å². The van der Waals surface area contributed by atoms with E-state index >= 15 is 0 Å². The molecule has 3 rings (SSSR count). The normalized spacial score (nSPS) is 24.8. The minimum absolute atomic E-state index is 0.845. The van der Waals surface area contributed by atoms with Gasteiger partial charge in [0.15, 0.2) is 0 Å². The molecule has 1 unspecified atom stereocenters. The first-order chi connectivity index (χ1) is 8.81. The van der Waals surface area contributed by atoms with Crippen LogP contribution in [0.3, 0.4) is 0 Å². The monoisotopic (exact) mass is 249 g/mol. The van der Waals surface area contributed by atoms with Crippen LogP contribution in [0.1, 0.15) is 25.1 Å². The van der Waals surface area contributed by atoms with E-state index in [0.717, 1.165) is 30.7 Å². The van der Waals surface area contributed by atoms with Gasteiger partial charge >= 0.3 is 0 Å². The van der Waals surface area contributed by atoms with Crippen molar-refractivity contribution < 1.29 is 0 Å². The van der Waals surface area contributed by atoms with Crippen molar-refractivity contribution in [3.05, 3.63) is 12.2 Å². The second-order valence-corrected chi connectivity index (χ2v) is 5.75. The van der Waals surface area contributed by atoms with Crippen molar-refractivity contribution in [2.45, 2.75) is 31.7 Å². The Hall–Kier alpha value is -0.940. The van der Waals surface area contributed by atoms with Crippen molar-refractivity contribution in [2.75, 3.05) is 26.2 Å². The van der Waals surface area contributed by atoms with Gasteiger partial charge in [0.2, 0.25) is 0 Å². The fourth-order valence-electron chi connectivity index (χ4n) is 2.69. The Bertz CT molecular complexity index is 384. The van der Waals surface area contributed by atoms with Gasteiger partial charge in [-0.1, -0.05) is 0 Å². The molecule has 1 atom stereocenters. The van der Waals surface area contributed by atoms with Gasteiger partial charge in [0.25, 0.3) is 0 Å². The Kier molecular flexibility index (Phi) is 3.61. The third kappa shape index (κ3) is 3.09. The predicted molar refractivity (Wildman–Crippen MR) is 70.3 cm³/mol. The Labute approximate surface area is 109 Å². The minimum atomic E-state index is 0.845. The second-order valence-electron chi connectivity index (χ2n) is 5.75. The van der Waals surface area contributed by atoms with Gasteiger partial charge in [0, 0.05) is 32.6 Å². The molecule has 0 spiro atoms. The molecule has 0 aromatic carbocycles. The lowest BCUT2D eigenvalue weighted by Gasteiger charge is -2.15. The highest BCUT2D eigenvalue weighted by Gasteiger charge is 2.26. The van der Waals surface area contributed by atoms with Gasteiger partial charge in [0.1, 0.15) is 12.2 Å².